The molecule has 3 aromatic heterocycles. The van der Waals surface area contributed by atoms with E-state index in [2.05, 4.69) is 32.1 Å². The zero-order valence-electron chi connectivity index (χ0n) is 15.3. The second kappa shape index (κ2) is 9.71. The number of aliphatic carboxylic acids is 1. The minimum absolute atomic E-state index is 0.0167. The van der Waals surface area contributed by atoms with Gasteiger partial charge in [-0.2, -0.15) is 0 Å². The van der Waals surface area contributed by atoms with Crippen LogP contribution in [0.3, 0.4) is 0 Å². The number of carboxylic acids is 1. The molecule has 0 spiro atoms. The van der Waals surface area contributed by atoms with Gasteiger partial charge in [0, 0.05) is 29.7 Å². The summed E-state index contributed by atoms with van der Waals surface area (Å²) in [5.74, 6) is -0.795. The van der Waals surface area contributed by atoms with E-state index in [9.17, 15) is 4.79 Å². The highest BCUT2D eigenvalue weighted by molar-refractivity contribution is 5.74. The Morgan fingerprint density at radius 2 is 1.85 bits per heavy atom. The van der Waals surface area contributed by atoms with Crippen LogP contribution in [0.1, 0.15) is 55.7 Å². The third-order valence-electron chi connectivity index (χ3n) is 4.73. The molecular formula is C21H24N4O2. The van der Waals surface area contributed by atoms with Crippen LogP contribution in [-0.2, 0) is 11.2 Å². The molecule has 140 valence electrons. The number of pyridine rings is 2. The van der Waals surface area contributed by atoms with Crippen molar-refractivity contribution in [1.82, 2.24) is 19.9 Å². The molecule has 1 N–H and O–H groups in total. The molecule has 1 unspecified atom stereocenters. The molecule has 0 bridgehead atoms. The van der Waals surface area contributed by atoms with Gasteiger partial charge in [-0.05, 0) is 55.0 Å². The summed E-state index contributed by atoms with van der Waals surface area (Å²) < 4.78 is 0. The second-order valence-corrected chi connectivity index (χ2v) is 6.77. The minimum atomic E-state index is -0.778. The van der Waals surface area contributed by atoms with E-state index in [1.165, 1.54) is 6.33 Å². The number of carbonyl (C=O) groups is 1. The number of unbranched alkanes of at least 4 members (excludes halogenated alkanes) is 3. The summed E-state index contributed by atoms with van der Waals surface area (Å²) in [6.07, 6.45) is 12.9. The molecule has 0 saturated carbocycles. The van der Waals surface area contributed by atoms with Gasteiger partial charge in [-0.15, -0.1) is 0 Å². The third kappa shape index (κ3) is 5.81. The number of fused-ring (bicyclic) bond motifs is 1. The van der Waals surface area contributed by atoms with Crippen LogP contribution in [0, 0.1) is 0 Å². The Hall–Kier alpha value is -2.89. The largest absolute Gasteiger partial charge is 0.481 e. The number of hydrogen-bond acceptors (Lipinski definition) is 5. The van der Waals surface area contributed by atoms with Gasteiger partial charge in [0.15, 0.2) is 5.65 Å². The number of nitrogens with zero attached hydrogens (tertiary/aromatic N) is 4. The van der Waals surface area contributed by atoms with E-state index < -0.39 is 5.97 Å². The zero-order valence-corrected chi connectivity index (χ0v) is 15.3. The van der Waals surface area contributed by atoms with Crippen LogP contribution in [0.5, 0.6) is 0 Å². The molecule has 0 aromatic carbocycles. The van der Waals surface area contributed by atoms with Gasteiger partial charge in [-0.25, -0.2) is 19.9 Å². The molecule has 3 heterocycles. The van der Waals surface area contributed by atoms with Crippen LogP contribution in [-0.4, -0.2) is 31.0 Å². The number of aromatic nitrogens is 4. The molecule has 0 saturated heterocycles. The molecule has 0 fully saturated rings. The summed E-state index contributed by atoms with van der Waals surface area (Å²) >= 11 is 0. The predicted octanol–water partition coefficient (Wildman–Crippen LogP) is 4.17. The van der Waals surface area contributed by atoms with E-state index in [1.54, 1.807) is 18.6 Å². The van der Waals surface area contributed by atoms with Crippen LogP contribution in [0.2, 0.25) is 0 Å². The molecule has 3 rings (SSSR count). The smallest absolute Gasteiger partial charge is 0.303 e. The van der Waals surface area contributed by atoms with E-state index in [0.29, 0.717) is 0 Å². The molecule has 0 radical (unpaired) electrons. The van der Waals surface area contributed by atoms with Crippen molar-refractivity contribution >= 4 is 17.0 Å². The minimum Gasteiger partial charge on any atom is -0.481 e. The van der Waals surface area contributed by atoms with Gasteiger partial charge in [-0.3, -0.25) is 4.79 Å². The van der Waals surface area contributed by atoms with E-state index >= 15 is 0 Å². The lowest BCUT2D eigenvalue weighted by molar-refractivity contribution is -0.137. The van der Waals surface area contributed by atoms with Crippen molar-refractivity contribution in [3.8, 4) is 0 Å². The lowest BCUT2D eigenvalue weighted by Gasteiger charge is -2.14. The molecule has 3 aromatic rings. The van der Waals surface area contributed by atoms with Gasteiger partial charge in [0.25, 0.3) is 0 Å². The fraction of sp³-hybridized carbons (Fsp3) is 0.381. The van der Waals surface area contributed by atoms with Crippen molar-refractivity contribution in [3.63, 3.8) is 0 Å². The molecular weight excluding hydrogens is 340 g/mol. The van der Waals surface area contributed by atoms with Crippen LogP contribution in [0.25, 0.3) is 11.0 Å². The third-order valence-corrected chi connectivity index (χ3v) is 4.73. The molecule has 6 heteroatoms. The van der Waals surface area contributed by atoms with Crippen molar-refractivity contribution in [2.75, 3.05) is 0 Å². The summed E-state index contributed by atoms with van der Waals surface area (Å²) in [6, 6.07) is 8.08. The average molecular weight is 364 g/mol. The molecule has 0 aliphatic rings. The highest BCUT2D eigenvalue weighted by Crippen LogP contribution is 2.25. The van der Waals surface area contributed by atoms with E-state index in [1.807, 2.05) is 12.1 Å². The first-order valence-corrected chi connectivity index (χ1v) is 9.40. The lowest BCUT2D eigenvalue weighted by Crippen LogP contribution is -2.07. The van der Waals surface area contributed by atoms with Crippen LogP contribution < -0.4 is 0 Å². The Morgan fingerprint density at radius 3 is 2.67 bits per heavy atom. The van der Waals surface area contributed by atoms with Gasteiger partial charge in [0.2, 0.25) is 0 Å². The van der Waals surface area contributed by atoms with Crippen LogP contribution >= 0.6 is 0 Å². The van der Waals surface area contributed by atoms with Crippen molar-refractivity contribution in [2.24, 2.45) is 0 Å². The number of hydrogen-bond donors (Lipinski definition) is 1. The fourth-order valence-electron chi connectivity index (χ4n) is 3.30. The highest BCUT2D eigenvalue weighted by atomic mass is 16.4. The summed E-state index contributed by atoms with van der Waals surface area (Å²) in [5, 5.41) is 10.2. The molecule has 1 atom stereocenters. The fourth-order valence-corrected chi connectivity index (χ4v) is 3.30. The van der Waals surface area contributed by atoms with Gasteiger partial charge >= 0.3 is 5.97 Å². The van der Waals surface area contributed by atoms with Gasteiger partial charge in [-0.1, -0.05) is 19.3 Å². The van der Waals surface area contributed by atoms with Crippen molar-refractivity contribution in [2.45, 2.75) is 50.9 Å². The Kier molecular flexibility index (Phi) is 6.79. The second-order valence-electron chi connectivity index (χ2n) is 6.77. The summed E-state index contributed by atoms with van der Waals surface area (Å²) in [6.45, 7) is 0. The first-order valence-electron chi connectivity index (χ1n) is 9.40. The van der Waals surface area contributed by atoms with Crippen molar-refractivity contribution in [3.05, 3.63) is 60.4 Å². The predicted molar refractivity (Wildman–Crippen MR) is 103 cm³/mol. The van der Waals surface area contributed by atoms with Crippen molar-refractivity contribution < 1.29 is 9.90 Å². The van der Waals surface area contributed by atoms with Crippen LogP contribution in [0.4, 0.5) is 0 Å². The first-order chi connectivity index (χ1) is 13.2. The highest BCUT2D eigenvalue weighted by Gasteiger charge is 2.15. The molecule has 27 heavy (non-hydrogen) atoms. The first kappa shape index (κ1) is 18.9. The Morgan fingerprint density at radius 1 is 1.04 bits per heavy atom. The Balaban J connectivity index is 1.41. The summed E-state index contributed by atoms with van der Waals surface area (Å²) in [7, 11) is 0. The Bertz CT molecular complexity index is 870. The normalized spacial score (nSPS) is 12.1. The van der Waals surface area contributed by atoms with E-state index in [0.717, 1.165) is 60.8 Å². The van der Waals surface area contributed by atoms with Gasteiger partial charge in [0.1, 0.15) is 6.33 Å². The number of carboxylic acid groups (broad SMARTS) is 1. The quantitative estimate of drug-likeness (QED) is 0.543. The molecule has 6 nitrogen and oxygen atoms in total. The molecule has 0 amide bonds. The molecule has 0 aliphatic carbocycles. The SMILES string of the molecule is O=C(O)CC(CCCCCCc1ccc2cccnc2n1)c1cncnc1. The lowest BCUT2D eigenvalue weighted by atomic mass is 9.92. The van der Waals surface area contributed by atoms with Gasteiger partial charge < -0.3 is 5.11 Å². The maximum atomic E-state index is 11.1. The van der Waals surface area contributed by atoms with Gasteiger partial charge in [0.05, 0.1) is 6.42 Å². The van der Waals surface area contributed by atoms with Crippen molar-refractivity contribution in [1.29, 1.82) is 0 Å². The van der Waals surface area contributed by atoms with E-state index in [-0.39, 0.29) is 12.3 Å². The Labute approximate surface area is 158 Å². The maximum absolute atomic E-state index is 11.1. The van der Waals surface area contributed by atoms with E-state index in [4.69, 9.17) is 5.11 Å². The average Bonchev–Trinajstić information content (AvgIpc) is 2.70. The monoisotopic (exact) mass is 364 g/mol. The topological polar surface area (TPSA) is 88.9 Å². The summed E-state index contributed by atoms with van der Waals surface area (Å²) in [4.78, 5) is 28.0. The molecule has 0 aliphatic heterocycles. The number of rotatable bonds is 10. The summed E-state index contributed by atoms with van der Waals surface area (Å²) in [5.41, 5.74) is 2.79. The maximum Gasteiger partial charge on any atom is 0.303 e. The zero-order chi connectivity index (χ0) is 18.9. The number of aryl methyl sites for hydroxylation is 1. The standard InChI is InChI=1S/C21H24N4O2/c26-20(27)12-17(18-13-22-15-23-14-18)6-3-1-2-4-8-19-10-9-16-7-5-11-24-21(16)25-19/h5,7,9-11,13-15,17H,1-4,6,8,12H2,(H,26,27). The van der Waals surface area contributed by atoms with Crippen LogP contribution in [0.15, 0.2) is 49.2 Å².